The Morgan fingerprint density at radius 1 is 1.14 bits per heavy atom. The fourth-order valence-corrected chi connectivity index (χ4v) is 5.28. The summed E-state index contributed by atoms with van der Waals surface area (Å²) in [5.74, 6) is -0.193. The number of imidazole rings is 1. The molecule has 2 heterocycles. The number of anilines is 1. The molecule has 0 radical (unpaired) electrons. The van der Waals surface area contributed by atoms with E-state index in [0.29, 0.717) is 25.2 Å². The van der Waals surface area contributed by atoms with Gasteiger partial charge in [0, 0.05) is 45.0 Å². The molecule has 1 aromatic heterocycles. The highest BCUT2D eigenvalue weighted by molar-refractivity contribution is 5.96. The van der Waals surface area contributed by atoms with E-state index in [1.807, 2.05) is 53.8 Å². The van der Waals surface area contributed by atoms with Crippen LogP contribution in [-0.4, -0.2) is 76.3 Å². The molecule has 226 valence electrons. The van der Waals surface area contributed by atoms with Gasteiger partial charge in [0.05, 0.1) is 29.6 Å². The van der Waals surface area contributed by atoms with Gasteiger partial charge in [-0.05, 0) is 68.7 Å². The highest BCUT2D eigenvalue weighted by atomic mass is 35.5. The normalized spacial score (nSPS) is 14.1. The van der Waals surface area contributed by atoms with Crippen LogP contribution in [0.3, 0.4) is 0 Å². The Labute approximate surface area is 252 Å². The van der Waals surface area contributed by atoms with Crippen molar-refractivity contribution < 1.29 is 19.1 Å². The van der Waals surface area contributed by atoms with Crippen molar-refractivity contribution in [1.29, 1.82) is 5.41 Å². The molecule has 0 spiro atoms. The van der Waals surface area contributed by atoms with Gasteiger partial charge in [-0.2, -0.15) is 0 Å². The van der Waals surface area contributed by atoms with Crippen molar-refractivity contribution in [2.45, 2.75) is 45.1 Å². The van der Waals surface area contributed by atoms with E-state index in [1.165, 1.54) is 4.90 Å². The number of fused-ring (bicyclic) bond motifs is 1. The van der Waals surface area contributed by atoms with E-state index in [1.54, 1.807) is 26.1 Å². The number of ether oxygens (including phenoxy) is 1. The Balaban J connectivity index is 0.00000484. The first-order valence-electron chi connectivity index (χ1n) is 13.9. The van der Waals surface area contributed by atoms with Crippen molar-refractivity contribution in [2.24, 2.45) is 12.8 Å². The number of hydrogen-bond acceptors (Lipinski definition) is 7. The SMILES string of the molecule is CCOC(=O)CC(=O)N(C)CC(C)(C(=O)N1CCCC1)c1ccc2c(c1)nc(CNc1ccc(C(=N)N)cc1)n2C.Cl. The van der Waals surface area contributed by atoms with Crippen LogP contribution in [0.5, 0.6) is 0 Å². The topological polar surface area (TPSA) is 147 Å². The second-order valence-electron chi connectivity index (χ2n) is 10.7. The number of likely N-dealkylation sites (tertiary alicyclic amines) is 1. The molecule has 4 rings (SSSR count). The number of halogens is 1. The zero-order chi connectivity index (χ0) is 29.7. The number of rotatable bonds is 11. The van der Waals surface area contributed by atoms with Gasteiger partial charge in [-0.15, -0.1) is 12.4 Å². The number of amides is 2. The van der Waals surface area contributed by atoms with Crippen LogP contribution in [0.2, 0.25) is 0 Å². The first-order chi connectivity index (χ1) is 19.5. The summed E-state index contributed by atoms with van der Waals surface area (Å²) < 4.78 is 6.94. The standard InChI is InChI=1S/C30H39N7O4.ClH/c1-5-41-27(39)17-26(38)35(3)19-30(2,29(40)37-14-6-7-15-37)21-10-13-24-23(16-21)34-25(36(24)4)18-33-22-11-8-20(9-12-22)28(31)32;/h8-13,16,33H,5-7,14-15,17-19H2,1-4H3,(H3,31,32);1H. The van der Waals surface area contributed by atoms with E-state index < -0.39 is 17.3 Å². The van der Waals surface area contributed by atoms with Gasteiger partial charge in [0.1, 0.15) is 18.1 Å². The van der Waals surface area contributed by atoms with Crippen LogP contribution in [0.25, 0.3) is 11.0 Å². The van der Waals surface area contributed by atoms with E-state index in [-0.39, 0.29) is 43.7 Å². The maximum absolute atomic E-state index is 13.9. The minimum Gasteiger partial charge on any atom is -0.466 e. The molecule has 11 nitrogen and oxygen atoms in total. The lowest BCUT2D eigenvalue weighted by Crippen LogP contribution is -2.51. The number of nitrogen functional groups attached to an aromatic ring is 1. The molecule has 0 bridgehead atoms. The van der Waals surface area contributed by atoms with Crippen molar-refractivity contribution in [1.82, 2.24) is 19.4 Å². The van der Waals surface area contributed by atoms with Crippen LogP contribution >= 0.6 is 12.4 Å². The van der Waals surface area contributed by atoms with E-state index in [0.717, 1.165) is 41.0 Å². The highest BCUT2D eigenvalue weighted by Gasteiger charge is 2.41. The number of benzene rings is 2. The van der Waals surface area contributed by atoms with Crippen LogP contribution in [0, 0.1) is 5.41 Å². The second-order valence-corrected chi connectivity index (χ2v) is 10.7. The molecular formula is C30H40ClN7O4. The number of esters is 1. The summed E-state index contributed by atoms with van der Waals surface area (Å²) in [7, 11) is 3.56. The monoisotopic (exact) mass is 597 g/mol. The largest absolute Gasteiger partial charge is 0.466 e. The van der Waals surface area contributed by atoms with Crippen molar-refractivity contribution in [3.8, 4) is 0 Å². The molecule has 3 aromatic rings. The molecule has 12 heteroatoms. The average Bonchev–Trinajstić information content (AvgIpc) is 3.59. The van der Waals surface area contributed by atoms with Crippen molar-refractivity contribution in [2.75, 3.05) is 38.6 Å². The van der Waals surface area contributed by atoms with Crippen LogP contribution in [0.1, 0.15) is 50.1 Å². The molecule has 2 aromatic carbocycles. The lowest BCUT2D eigenvalue weighted by molar-refractivity contribution is -0.148. The van der Waals surface area contributed by atoms with Crippen molar-refractivity contribution in [3.63, 3.8) is 0 Å². The number of carbonyl (C=O) groups excluding carboxylic acids is 3. The summed E-state index contributed by atoms with van der Waals surface area (Å²) >= 11 is 0. The Bertz CT molecular complexity index is 1450. The van der Waals surface area contributed by atoms with E-state index in [9.17, 15) is 14.4 Å². The van der Waals surface area contributed by atoms with Crippen molar-refractivity contribution in [3.05, 3.63) is 59.4 Å². The zero-order valence-electron chi connectivity index (χ0n) is 24.6. The third-order valence-corrected chi connectivity index (χ3v) is 7.70. The Morgan fingerprint density at radius 2 is 1.81 bits per heavy atom. The maximum Gasteiger partial charge on any atom is 0.315 e. The van der Waals surface area contributed by atoms with Gasteiger partial charge in [0.15, 0.2) is 0 Å². The summed E-state index contributed by atoms with van der Waals surface area (Å²) in [6, 6.07) is 13.1. The van der Waals surface area contributed by atoms with Gasteiger partial charge in [-0.1, -0.05) is 6.07 Å². The fourth-order valence-electron chi connectivity index (χ4n) is 5.28. The van der Waals surface area contributed by atoms with E-state index in [4.69, 9.17) is 20.9 Å². The van der Waals surface area contributed by atoms with Gasteiger partial charge in [-0.25, -0.2) is 4.98 Å². The van der Waals surface area contributed by atoms with Gasteiger partial charge in [0.25, 0.3) is 0 Å². The average molecular weight is 598 g/mol. The van der Waals surface area contributed by atoms with E-state index >= 15 is 0 Å². The number of nitrogens with one attached hydrogen (secondary N) is 2. The molecule has 1 unspecified atom stereocenters. The Hall–Kier alpha value is -4.12. The van der Waals surface area contributed by atoms with Gasteiger partial charge in [-0.3, -0.25) is 19.8 Å². The first-order valence-corrected chi connectivity index (χ1v) is 13.9. The molecule has 1 atom stereocenters. The summed E-state index contributed by atoms with van der Waals surface area (Å²) in [6.07, 6.45) is 1.53. The molecule has 2 amide bonds. The number of hydrogen-bond donors (Lipinski definition) is 3. The number of nitrogens with two attached hydrogens (primary N) is 1. The van der Waals surface area contributed by atoms with Crippen LogP contribution in [0.15, 0.2) is 42.5 Å². The van der Waals surface area contributed by atoms with Gasteiger partial charge >= 0.3 is 5.97 Å². The predicted octanol–water partition coefficient (Wildman–Crippen LogP) is 3.18. The van der Waals surface area contributed by atoms with Crippen LogP contribution in [0.4, 0.5) is 5.69 Å². The number of aryl methyl sites for hydroxylation is 1. The predicted molar refractivity (Wildman–Crippen MR) is 165 cm³/mol. The molecule has 1 aliphatic heterocycles. The molecule has 1 aliphatic rings. The first kappa shape index (κ1) is 32.4. The lowest BCUT2D eigenvalue weighted by atomic mass is 9.80. The van der Waals surface area contributed by atoms with Crippen molar-refractivity contribution >= 4 is 52.7 Å². The number of amidine groups is 1. The maximum atomic E-state index is 13.9. The third kappa shape index (κ3) is 7.02. The lowest BCUT2D eigenvalue weighted by Gasteiger charge is -2.36. The smallest absolute Gasteiger partial charge is 0.315 e. The van der Waals surface area contributed by atoms with Gasteiger partial charge < -0.3 is 30.2 Å². The summed E-state index contributed by atoms with van der Waals surface area (Å²) in [5, 5.41) is 10.9. The van der Waals surface area contributed by atoms with E-state index in [2.05, 4.69) is 5.32 Å². The molecule has 0 saturated carbocycles. The summed E-state index contributed by atoms with van der Waals surface area (Å²) in [4.78, 5) is 46.9. The number of likely N-dealkylation sites (N-methyl/N-ethyl adjacent to an activating group) is 1. The molecule has 1 fully saturated rings. The highest BCUT2D eigenvalue weighted by Crippen LogP contribution is 2.32. The minimum absolute atomic E-state index is 0. The zero-order valence-corrected chi connectivity index (χ0v) is 25.4. The number of aromatic nitrogens is 2. The fraction of sp³-hybridized carbons (Fsp3) is 0.433. The van der Waals surface area contributed by atoms with Crippen LogP contribution < -0.4 is 11.1 Å². The summed E-state index contributed by atoms with van der Waals surface area (Å²) in [5.41, 5.74) is 8.47. The third-order valence-electron chi connectivity index (χ3n) is 7.70. The summed E-state index contributed by atoms with van der Waals surface area (Å²) in [6.45, 7) is 5.71. The van der Waals surface area contributed by atoms with Gasteiger partial charge in [0.2, 0.25) is 11.8 Å². The molecular weight excluding hydrogens is 558 g/mol. The molecule has 42 heavy (non-hydrogen) atoms. The molecule has 0 aliphatic carbocycles. The van der Waals surface area contributed by atoms with Crippen LogP contribution in [-0.2, 0) is 38.1 Å². The minimum atomic E-state index is -1.04. The quantitative estimate of drug-likeness (QED) is 0.133. The Kier molecular flexibility index (Phi) is 10.6. The molecule has 1 saturated heterocycles. The number of nitrogens with zero attached hydrogens (tertiary/aromatic N) is 4. The Morgan fingerprint density at radius 3 is 2.43 bits per heavy atom. The molecule has 4 N–H and O–H groups in total. The second kappa shape index (κ2) is 13.7. The number of carbonyl (C=O) groups is 3.